The number of nitrogens with zero attached hydrogens (tertiary/aromatic N) is 2. The van der Waals surface area contributed by atoms with Gasteiger partial charge in [0.1, 0.15) is 0 Å². The molecule has 0 unspecified atom stereocenters. The highest BCUT2D eigenvalue weighted by Gasteiger charge is 2.30. The smallest absolute Gasteiger partial charge is 0.416 e. The minimum absolute atomic E-state index is 0.128. The Balaban J connectivity index is 2.48. The number of carbonyl (C=O) groups is 1. The van der Waals surface area contributed by atoms with Crippen LogP contribution in [-0.2, 0) is 6.18 Å². The molecule has 2 rings (SSSR count). The van der Waals surface area contributed by atoms with Gasteiger partial charge in [-0.15, -0.1) is 0 Å². The van der Waals surface area contributed by atoms with Gasteiger partial charge in [0.05, 0.1) is 15.7 Å². The maximum absolute atomic E-state index is 12.6. The van der Waals surface area contributed by atoms with Gasteiger partial charge in [0.25, 0.3) is 0 Å². The SMILES string of the molecule is O=C(O)c1nn(-c2cccc(C(F)(F)F)c2)cc1Br. The first kappa shape index (κ1) is 13.6. The number of hydrogen-bond acceptors (Lipinski definition) is 2. The summed E-state index contributed by atoms with van der Waals surface area (Å²) in [5.41, 5.74) is -0.964. The van der Waals surface area contributed by atoms with Crippen LogP contribution in [0.4, 0.5) is 13.2 Å². The topological polar surface area (TPSA) is 55.1 Å². The number of carboxylic acids is 1. The number of hydrogen-bond donors (Lipinski definition) is 1. The molecular formula is C11H6BrF3N2O2. The van der Waals surface area contributed by atoms with Crippen LogP contribution in [0.15, 0.2) is 34.9 Å². The molecule has 0 spiro atoms. The lowest BCUT2D eigenvalue weighted by Crippen LogP contribution is -2.06. The minimum Gasteiger partial charge on any atom is -0.476 e. The Hall–Kier alpha value is -1.83. The fraction of sp³-hybridized carbons (Fsp3) is 0.0909. The Morgan fingerprint density at radius 3 is 2.58 bits per heavy atom. The zero-order valence-corrected chi connectivity index (χ0v) is 10.7. The van der Waals surface area contributed by atoms with Crippen LogP contribution in [0.3, 0.4) is 0 Å². The molecule has 0 fully saturated rings. The standard InChI is InChI=1S/C11H6BrF3N2O2/c12-8-5-17(16-9(8)10(18)19)7-3-1-2-6(4-7)11(13,14)15/h1-5H,(H,18,19). The van der Waals surface area contributed by atoms with Gasteiger partial charge in [-0.25, -0.2) is 9.48 Å². The average Bonchev–Trinajstić information content (AvgIpc) is 2.70. The summed E-state index contributed by atoms with van der Waals surface area (Å²) in [5, 5.41) is 12.5. The maximum Gasteiger partial charge on any atom is 0.416 e. The summed E-state index contributed by atoms with van der Waals surface area (Å²) in [6.07, 6.45) is -3.17. The number of aromatic nitrogens is 2. The van der Waals surface area contributed by atoms with Crippen LogP contribution in [0.1, 0.15) is 16.1 Å². The van der Waals surface area contributed by atoms with Gasteiger partial charge in [0, 0.05) is 6.20 Å². The molecule has 0 saturated carbocycles. The molecule has 1 heterocycles. The lowest BCUT2D eigenvalue weighted by molar-refractivity contribution is -0.137. The molecule has 2 aromatic rings. The summed E-state index contributed by atoms with van der Waals surface area (Å²) in [7, 11) is 0. The van der Waals surface area contributed by atoms with E-state index in [2.05, 4.69) is 21.0 Å². The molecule has 0 saturated heterocycles. The summed E-state index contributed by atoms with van der Waals surface area (Å²) < 4.78 is 39.0. The van der Waals surface area contributed by atoms with Crippen molar-refractivity contribution >= 4 is 21.9 Å². The highest BCUT2D eigenvalue weighted by molar-refractivity contribution is 9.10. The fourth-order valence-corrected chi connectivity index (χ4v) is 1.90. The van der Waals surface area contributed by atoms with Gasteiger partial charge in [0.15, 0.2) is 5.69 Å². The molecular weight excluding hydrogens is 329 g/mol. The lowest BCUT2D eigenvalue weighted by atomic mass is 10.2. The van der Waals surface area contributed by atoms with Crippen molar-refractivity contribution in [2.45, 2.75) is 6.18 Å². The van der Waals surface area contributed by atoms with Crippen LogP contribution >= 0.6 is 15.9 Å². The van der Waals surface area contributed by atoms with E-state index in [-0.39, 0.29) is 15.9 Å². The third-order valence-corrected chi connectivity index (χ3v) is 2.89. The first-order chi connectivity index (χ1) is 8.79. The van der Waals surface area contributed by atoms with Gasteiger partial charge in [-0.3, -0.25) is 0 Å². The summed E-state index contributed by atoms with van der Waals surface area (Å²) in [6.45, 7) is 0. The molecule has 0 aliphatic heterocycles. The predicted octanol–water partition coefficient (Wildman–Crippen LogP) is 3.35. The van der Waals surface area contributed by atoms with Gasteiger partial charge in [-0.1, -0.05) is 6.07 Å². The normalized spacial score (nSPS) is 11.6. The molecule has 0 aliphatic carbocycles. The molecule has 0 aliphatic rings. The Morgan fingerprint density at radius 2 is 2.05 bits per heavy atom. The van der Waals surface area contributed by atoms with Crippen LogP contribution in [0, 0.1) is 0 Å². The second-order valence-corrected chi connectivity index (χ2v) is 4.48. The number of aromatic carboxylic acids is 1. The van der Waals surface area contributed by atoms with Crippen LogP contribution in [-0.4, -0.2) is 20.9 Å². The first-order valence-corrected chi connectivity index (χ1v) is 5.74. The number of alkyl halides is 3. The van der Waals surface area contributed by atoms with E-state index in [1.54, 1.807) is 0 Å². The number of halogens is 4. The average molecular weight is 335 g/mol. The first-order valence-electron chi connectivity index (χ1n) is 4.95. The van der Waals surface area contributed by atoms with E-state index in [1.165, 1.54) is 18.3 Å². The Kier molecular flexibility index (Phi) is 3.36. The molecule has 1 N–H and O–H groups in total. The number of rotatable bonds is 2. The summed E-state index contributed by atoms with van der Waals surface area (Å²) in [5.74, 6) is -1.27. The summed E-state index contributed by atoms with van der Waals surface area (Å²) in [6, 6.07) is 4.46. The van der Waals surface area contributed by atoms with E-state index in [0.717, 1.165) is 16.8 Å². The van der Waals surface area contributed by atoms with Crippen molar-refractivity contribution in [2.24, 2.45) is 0 Å². The fourth-order valence-electron chi connectivity index (χ4n) is 1.45. The second-order valence-electron chi connectivity index (χ2n) is 3.62. The van der Waals surface area contributed by atoms with E-state index in [0.29, 0.717) is 0 Å². The molecule has 4 nitrogen and oxygen atoms in total. The van der Waals surface area contributed by atoms with E-state index < -0.39 is 17.7 Å². The van der Waals surface area contributed by atoms with Crippen molar-refractivity contribution in [3.05, 3.63) is 46.2 Å². The molecule has 0 amide bonds. The van der Waals surface area contributed by atoms with Gasteiger partial charge in [-0.2, -0.15) is 18.3 Å². The molecule has 19 heavy (non-hydrogen) atoms. The monoisotopic (exact) mass is 334 g/mol. The molecule has 8 heteroatoms. The van der Waals surface area contributed by atoms with Crippen LogP contribution in [0.25, 0.3) is 5.69 Å². The van der Waals surface area contributed by atoms with Crippen molar-refractivity contribution in [3.63, 3.8) is 0 Å². The lowest BCUT2D eigenvalue weighted by Gasteiger charge is -2.08. The predicted molar refractivity (Wildman–Crippen MR) is 63.2 cm³/mol. The van der Waals surface area contributed by atoms with Crippen LogP contribution in [0.5, 0.6) is 0 Å². The van der Waals surface area contributed by atoms with E-state index in [4.69, 9.17) is 5.11 Å². The van der Waals surface area contributed by atoms with Crippen molar-refractivity contribution < 1.29 is 23.1 Å². The second kappa shape index (κ2) is 4.69. The van der Waals surface area contributed by atoms with Crippen LogP contribution in [0.2, 0.25) is 0 Å². The van der Waals surface area contributed by atoms with E-state index in [9.17, 15) is 18.0 Å². The Bertz CT molecular complexity index is 637. The number of benzene rings is 1. The quantitative estimate of drug-likeness (QED) is 0.916. The summed E-state index contributed by atoms with van der Waals surface area (Å²) in [4.78, 5) is 10.8. The molecule has 0 radical (unpaired) electrons. The zero-order chi connectivity index (χ0) is 14.2. The minimum atomic E-state index is -4.46. The third-order valence-electron chi connectivity index (χ3n) is 2.31. The Morgan fingerprint density at radius 1 is 1.37 bits per heavy atom. The molecule has 0 atom stereocenters. The zero-order valence-electron chi connectivity index (χ0n) is 9.15. The largest absolute Gasteiger partial charge is 0.476 e. The molecule has 0 bridgehead atoms. The highest BCUT2D eigenvalue weighted by atomic mass is 79.9. The van der Waals surface area contributed by atoms with Crippen molar-refractivity contribution in [2.75, 3.05) is 0 Å². The maximum atomic E-state index is 12.6. The van der Waals surface area contributed by atoms with Gasteiger partial charge in [0.2, 0.25) is 0 Å². The molecule has 1 aromatic carbocycles. The van der Waals surface area contributed by atoms with Crippen LogP contribution < -0.4 is 0 Å². The molecule has 100 valence electrons. The highest BCUT2D eigenvalue weighted by Crippen LogP contribution is 2.30. The van der Waals surface area contributed by atoms with E-state index in [1.807, 2.05) is 0 Å². The summed E-state index contributed by atoms with van der Waals surface area (Å²) >= 11 is 2.99. The van der Waals surface area contributed by atoms with Crippen molar-refractivity contribution in [1.82, 2.24) is 9.78 Å². The van der Waals surface area contributed by atoms with Gasteiger partial charge < -0.3 is 5.11 Å². The van der Waals surface area contributed by atoms with E-state index >= 15 is 0 Å². The van der Waals surface area contributed by atoms with Gasteiger partial charge in [-0.05, 0) is 34.1 Å². The Labute approximate surface area is 113 Å². The third kappa shape index (κ3) is 2.78. The van der Waals surface area contributed by atoms with Gasteiger partial charge >= 0.3 is 12.1 Å². The number of carboxylic acid groups (broad SMARTS) is 1. The van der Waals surface area contributed by atoms with Crippen molar-refractivity contribution in [3.8, 4) is 5.69 Å². The van der Waals surface area contributed by atoms with Crippen molar-refractivity contribution in [1.29, 1.82) is 0 Å². The molecule has 1 aromatic heterocycles.